The Morgan fingerprint density at radius 3 is 1.35 bits per heavy atom. The molecule has 52 heavy (non-hydrogen) atoms. The van der Waals surface area contributed by atoms with Gasteiger partial charge < -0.3 is 0 Å². The van der Waals surface area contributed by atoms with Gasteiger partial charge in [-0.2, -0.15) is 17.5 Å². The van der Waals surface area contributed by atoms with Crippen molar-refractivity contribution in [3.8, 4) is 32.7 Å². The van der Waals surface area contributed by atoms with Crippen LogP contribution in [0, 0.1) is 23.7 Å². The van der Waals surface area contributed by atoms with Crippen molar-refractivity contribution in [2.24, 2.45) is 11.8 Å². The van der Waals surface area contributed by atoms with Crippen LogP contribution in [0.2, 0.25) is 0 Å². The molecular weight excluding hydrogens is 753 g/mol. The molecule has 0 bridgehead atoms. The van der Waals surface area contributed by atoms with Crippen LogP contribution in [0.5, 0.6) is 0 Å². The van der Waals surface area contributed by atoms with Crippen LogP contribution >= 0.6 is 68.8 Å². The van der Waals surface area contributed by atoms with Gasteiger partial charge in [-0.15, -0.1) is 45.3 Å². The molecule has 2 unspecified atom stereocenters. The molecule has 266 valence electrons. The fourth-order valence-corrected chi connectivity index (χ4v) is 13.4. The van der Waals surface area contributed by atoms with Gasteiger partial charge in [0.1, 0.15) is 22.1 Å². The van der Waals surface area contributed by atoms with Crippen LogP contribution in [0.1, 0.15) is 99.9 Å². The van der Waals surface area contributed by atoms with Gasteiger partial charge in [-0.1, -0.05) is 90.9 Å². The molecule has 8 aromatic rings. The Bertz CT molecular complexity index is 2290. The van der Waals surface area contributed by atoms with Crippen molar-refractivity contribution < 1.29 is 0 Å². The Morgan fingerprint density at radius 1 is 0.519 bits per heavy atom. The van der Waals surface area contributed by atoms with Gasteiger partial charge in [-0.05, 0) is 73.2 Å². The molecule has 0 spiro atoms. The maximum atomic E-state index is 4.75. The molecule has 2 aromatic carbocycles. The topological polar surface area (TPSA) is 51.6 Å². The molecule has 6 aromatic heterocycles. The molecular formula is C42H42N4S6. The molecule has 8 rings (SSSR count). The summed E-state index contributed by atoms with van der Waals surface area (Å²) < 4.78 is 24.4. The van der Waals surface area contributed by atoms with Crippen molar-refractivity contribution >= 4 is 110 Å². The second kappa shape index (κ2) is 16.1. The molecule has 0 saturated heterocycles. The van der Waals surface area contributed by atoms with Crippen LogP contribution in [0.15, 0.2) is 48.5 Å². The van der Waals surface area contributed by atoms with E-state index in [-0.39, 0.29) is 0 Å². The highest BCUT2D eigenvalue weighted by atomic mass is 32.1. The third-order valence-corrected chi connectivity index (χ3v) is 16.0. The molecule has 0 radical (unpaired) electrons. The molecule has 0 saturated carbocycles. The first-order valence-electron chi connectivity index (χ1n) is 18.6. The number of unbranched alkanes of at least 4 members (excludes halogenated alkanes) is 2. The van der Waals surface area contributed by atoms with Gasteiger partial charge >= 0.3 is 0 Å². The van der Waals surface area contributed by atoms with Crippen molar-refractivity contribution in [1.29, 1.82) is 0 Å². The van der Waals surface area contributed by atoms with E-state index >= 15 is 0 Å². The summed E-state index contributed by atoms with van der Waals surface area (Å²) >= 11 is 10.2. The number of thiophene rings is 4. The molecule has 0 amide bonds. The van der Waals surface area contributed by atoms with E-state index in [0.717, 1.165) is 56.2 Å². The first-order valence-corrected chi connectivity index (χ1v) is 23.4. The van der Waals surface area contributed by atoms with E-state index in [1.807, 2.05) is 45.3 Å². The quantitative estimate of drug-likeness (QED) is 0.103. The van der Waals surface area contributed by atoms with E-state index < -0.39 is 0 Å². The summed E-state index contributed by atoms with van der Waals surface area (Å²) in [6, 6.07) is 18.1. The third-order valence-electron chi connectivity index (χ3n) is 10.3. The molecule has 0 aliphatic heterocycles. The monoisotopic (exact) mass is 794 g/mol. The van der Waals surface area contributed by atoms with Gasteiger partial charge in [0.05, 0.1) is 34.6 Å². The lowest BCUT2D eigenvalue weighted by atomic mass is 9.95. The van der Waals surface area contributed by atoms with Crippen LogP contribution in [0.4, 0.5) is 0 Å². The average Bonchev–Trinajstić information content (AvgIpc) is 4.00. The smallest absolute Gasteiger partial charge is 0.121 e. The number of benzene rings is 2. The summed E-state index contributed by atoms with van der Waals surface area (Å²) in [6.07, 6.45) is 12.8. The highest BCUT2D eigenvalue weighted by molar-refractivity contribution is 7.30. The molecule has 0 aliphatic carbocycles. The summed E-state index contributed by atoms with van der Waals surface area (Å²) in [4.78, 5) is 5.52. The van der Waals surface area contributed by atoms with E-state index in [0.29, 0.717) is 0 Å². The molecule has 0 fully saturated rings. The molecule has 0 aliphatic rings. The van der Waals surface area contributed by atoms with Gasteiger partial charge in [0.2, 0.25) is 0 Å². The molecule has 10 heteroatoms. The van der Waals surface area contributed by atoms with Crippen molar-refractivity contribution in [2.75, 3.05) is 0 Å². The van der Waals surface area contributed by atoms with Crippen LogP contribution in [0.3, 0.4) is 0 Å². The number of aromatic nitrogens is 4. The Kier molecular flexibility index (Phi) is 11.2. The minimum atomic E-state index is 0.785. The normalized spacial score (nSPS) is 13.1. The Morgan fingerprint density at radius 2 is 0.942 bits per heavy atom. The Hall–Kier alpha value is -3.04. The van der Waals surface area contributed by atoms with E-state index in [4.69, 9.17) is 17.5 Å². The van der Waals surface area contributed by atoms with Crippen molar-refractivity contribution in [1.82, 2.24) is 17.5 Å². The fraction of sp³-hybridized carbons (Fsp3) is 0.381. The summed E-state index contributed by atoms with van der Waals surface area (Å²) in [6.45, 7) is 9.25. The third kappa shape index (κ3) is 7.38. The van der Waals surface area contributed by atoms with Gasteiger partial charge in [0.15, 0.2) is 0 Å². The lowest BCUT2D eigenvalue weighted by Crippen LogP contribution is -2.01. The SMILES string of the molecule is CCCCC(CC)Cc1cc2sc(-c3ccc(C#Cc4ccc(-c5cc6sc(CC(CC)CCCC)cc6s5)c5nsnc45)c4nsnc34)cc2s1. The minimum absolute atomic E-state index is 0.785. The van der Waals surface area contributed by atoms with Crippen molar-refractivity contribution in [3.05, 3.63) is 69.4 Å². The second-order valence-corrected chi connectivity index (χ2v) is 19.4. The van der Waals surface area contributed by atoms with E-state index in [2.05, 4.69) is 88.1 Å². The zero-order valence-corrected chi connectivity index (χ0v) is 35.0. The summed E-state index contributed by atoms with van der Waals surface area (Å²) in [5.74, 6) is 8.44. The van der Waals surface area contributed by atoms with Crippen LogP contribution < -0.4 is 0 Å². The lowest BCUT2D eigenvalue weighted by molar-refractivity contribution is 0.452. The van der Waals surface area contributed by atoms with E-state index in [1.165, 1.54) is 126 Å². The van der Waals surface area contributed by atoms with Crippen molar-refractivity contribution in [3.63, 3.8) is 0 Å². The number of rotatable bonds is 14. The maximum absolute atomic E-state index is 4.75. The Balaban J connectivity index is 1.03. The highest BCUT2D eigenvalue weighted by Gasteiger charge is 2.18. The van der Waals surface area contributed by atoms with Gasteiger partial charge in [-0.25, -0.2) is 0 Å². The zero-order valence-electron chi connectivity index (χ0n) is 30.1. The van der Waals surface area contributed by atoms with Crippen LogP contribution in [0.25, 0.3) is 61.7 Å². The largest absolute Gasteiger partial charge is 0.172 e. The highest BCUT2D eigenvalue weighted by Crippen LogP contribution is 2.43. The predicted octanol–water partition coefficient (Wildman–Crippen LogP) is 14.5. The first-order chi connectivity index (χ1) is 25.5. The van der Waals surface area contributed by atoms with Crippen molar-refractivity contribution in [2.45, 2.75) is 91.9 Å². The summed E-state index contributed by atoms with van der Waals surface area (Å²) in [5, 5.41) is 0. The number of hydrogen-bond donors (Lipinski definition) is 0. The summed E-state index contributed by atoms with van der Waals surface area (Å²) in [7, 11) is 0. The fourth-order valence-electron chi connectivity index (χ4n) is 7.16. The van der Waals surface area contributed by atoms with Gasteiger partial charge in [0.25, 0.3) is 0 Å². The Labute approximate surface area is 330 Å². The maximum Gasteiger partial charge on any atom is 0.121 e. The standard InChI is InChI=1S/C42H42N4S6/c1-5-9-11-25(7-3)19-29-21-35-37(47-29)23-33(49-35)31-17-15-27(39-41(31)45-51-43-39)13-14-28-16-18-32(42-40(28)44-52-46-42)34-24-38-36(50-34)22-30(48-38)20-26(8-4)12-10-6-2/h15-18,21-26H,5-12,19-20H2,1-4H3. The number of hydrogen-bond acceptors (Lipinski definition) is 10. The molecule has 6 heterocycles. The van der Waals surface area contributed by atoms with Crippen LogP contribution in [-0.2, 0) is 12.8 Å². The van der Waals surface area contributed by atoms with E-state index in [9.17, 15) is 0 Å². The molecule has 0 N–H and O–H groups in total. The number of nitrogens with zero attached hydrogens (tertiary/aromatic N) is 4. The summed E-state index contributed by atoms with van der Waals surface area (Å²) in [5.41, 5.74) is 7.65. The minimum Gasteiger partial charge on any atom is -0.172 e. The van der Waals surface area contributed by atoms with Crippen LogP contribution in [-0.4, -0.2) is 17.5 Å². The van der Waals surface area contributed by atoms with Gasteiger partial charge in [-0.3, -0.25) is 0 Å². The van der Waals surface area contributed by atoms with Gasteiger partial charge in [0, 0.05) is 49.4 Å². The molecule has 4 nitrogen and oxygen atoms in total. The average molecular weight is 795 g/mol. The van der Waals surface area contributed by atoms with E-state index in [1.54, 1.807) is 0 Å². The zero-order chi connectivity index (χ0) is 35.6. The predicted molar refractivity (Wildman–Crippen MR) is 232 cm³/mol. The molecule has 2 atom stereocenters. The number of fused-ring (bicyclic) bond motifs is 4. The first kappa shape index (κ1) is 36.0. The second-order valence-electron chi connectivity index (χ2n) is 13.8. The lowest BCUT2D eigenvalue weighted by Gasteiger charge is -2.12.